The van der Waals surface area contributed by atoms with E-state index >= 15 is 0 Å². The fourth-order valence-electron chi connectivity index (χ4n) is 14.1. The molecule has 0 spiro atoms. The number of aromatic nitrogens is 11. The average Bonchev–Trinajstić information content (AvgIpc) is 1.65. The fraction of sp³-hybridized carbons (Fsp3) is 0.643. The number of benzene rings is 4. The minimum atomic E-state index is 0. The molecular weight excluding hydrogens is 1250 g/mol. The van der Waals surface area contributed by atoms with Crippen LogP contribution in [0.15, 0.2) is 116 Å². The number of rotatable bonds is 33. The summed E-state index contributed by atoms with van der Waals surface area (Å²) in [5, 5.41) is 8.77. The second kappa shape index (κ2) is 43.6. The molecule has 0 atom stereocenters. The number of unbranched alkanes of at least 4 members (excludes halogenated alkanes) is 18. The Hall–Kier alpha value is -5.98. The molecule has 5 heterocycles. The first-order valence-electron chi connectivity index (χ1n) is 39.1. The zero-order chi connectivity index (χ0) is 69.5. The van der Waals surface area contributed by atoms with Gasteiger partial charge in [-0.2, -0.15) is 0 Å². The van der Waals surface area contributed by atoms with E-state index in [1.807, 2.05) is 0 Å². The monoisotopic (exact) mass is 1390 g/mol. The van der Waals surface area contributed by atoms with E-state index in [0.29, 0.717) is 42.2 Å². The standard InChI is InChI=1S/C32H52N5O.C25H43N2O.C13H19N2.C9H11N2.C5H10.Fe/c1-26(2)36-25-37(27(3)4)32-23-29(19-20-31(32)36)38-22-16-12-10-8-6-5-7-9-11-15-21-35-24-30(33-34-35)28-17-13-14-18-28;1-6-7-8-9-10-11-12-13-14-15-18-28-23-16-17-24-25(19-23)27(22(4)5)20-26(24)21(2)3;1-10(2)14-9-15(11(3)4)13-8-6-5-7-12(13)14;1-10-7-11(2)9-6-4-3-5-8(9)10;1-2-4-5-3-1;/h19-20,23-28H,5-18,21-22H2,1-4H3;16-17,19-22H,6-15,18H2,1-5H3;5-11H,1-4H3;3-7H,1-2H3;1-5H2;/q4*+1;;. The summed E-state index contributed by atoms with van der Waals surface area (Å²) in [6, 6.07) is 32.9. The third-order valence-corrected chi connectivity index (χ3v) is 19.9. The molecule has 0 aliphatic heterocycles. The van der Waals surface area contributed by atoms with Gasteiger partial charge in [0.2, 0.25) is 25.3 Å². The van der Waals surface area contributed by atoms with Gasteiger partial charge < -0.3 is 9.47 Å². The van der Waals surface area contributed by atoms with E-state index in [0.717, 1.165) is 44.1 Å². The number of aryl methyl sites for hydroxylation is 3. The molecule has 98 heavy (non-hydrogen) atoms. The van der Waals surface area contributed by atoms with Crippen LogP contribution in [0.5, 0.6) is 11.5 Å². The molecule has 5 aromatic heterocycles. The summed E-state index contributed by atoms with van der Waals surface area (Å²) in [5.74, 6) is 2.66. The van der Waals surface area contributed by atoms with Crippen molar-refractivity contribution in [1.82, 2.24) is 33.3 Å². The van der Waals surface area contributed by atoms with Crippen LogP contribution < -0.4 is 27.7 Å². The van der Waals surface area contributed by atoms with E-state index in [1.54, 1.807) is 0 Å². The molecular formula is C84H135FeN11O2+4. The van der Waals surface area contributed by atoms with Crippen LogP contribution in [-0.2, 0) is 37.7 Å². The molecule has 2 fully saturated rings. The van der Waals surface area contributed by atoms with Crippen molar-refractivity contribution in [2.24, 2.45) is 14.1 Å². The van der Waals surface area contributed by atoms with E-state index in [4.69, 9.17) is 9.47 Å². The summed E-state index contributed by atoms with van der Waals surface area (Å²) in [6.45, 7) is 31.7. The molecule has 542 valence electrons. The van der Waals surface area contributed by atoms with Gasteiger partial charge in [-0.05, 0) is 164 Å². The Labute approximate surface area is 604 Å². The summed E-state index contributed by atoms with van der Waals surface area (Å²) in [7, 11) is 4.12. The molecule has 0 bridgehead atoms. The summed E-state index contributed by atoms with van der Waals surface area (Å²) >= 11 is 0. The third-order valence-electron chi connectivity index (χ3n) is 19.9. The van der Waals surface area contributed by atoms with E-state index in [-0.39, 0.29) is 17.1 Å². The molecule has 0 saturated heterocycles. The summed E-state index contributed by atoms with van der Waals surface area (Å²) in [4.78, 5) is 0. The van der Waals surface area contributed by atoms with Crippen LogP contribution in [0.3, 0.4) is 0 Å². The van der Waals surface area contributed by atoms with E-state index in [2.05, 4.69) is 272 Å². The van der Waals surface area contributed by atoms with Gasteiger partial charge in [0.25, 0.3) is 0 Å². The first kappa shape index (κ1) is 81.0. The maximum atomic E-state index is 6.13. The summed E-state index contributed by atoms with van der Waals surface area (Å²) < 4.78 is 32.6. The molecule has 11 rings (SSSR count). The Morgan fingerprint density at radius 1 is 0.429 bits per heavy atom. The van der Waals surface area contributed by atoms with Crippen molar-refractivity contribution in [2.45, 2.75) is 325 Å². The Balaban J connectivity index is 0.000000218. The minimum absolute atomic E-state index is 0. The Bertz CT molecular complexity index is 3540. The van der Waals surface area contributed by atoms with Gasteiger partial charge >= 0.3 is 0 Å². The first-order chi connectivity index (χ1) is 47.0. The van der Waals surface area contributed by atoms with Gasteiger partial charge in [0.05, 0.1) is 69.3 Å². The first-order valence-corrected chi connectivity index (χ1v) is 39.1. The molecule has 14 heteroatoms. The van der Waals surface area contributed by atoms with Crippen LogP contribution in [-0.4, -0.2) is 46.5 Å². The average molecular weight is 1390 g/mol. The zero-order valence-electron chi connectivity index (χ0n) is 64.2. The van der Waals surface area contributed by atoms with Gasteiger partial charge in [-0.1, -0.05) is 191 Å². The van der Waals surface area contributed by atoms with Crippen LogP contribution in [0.25, 0.3) is 44.1 Å². The van der Waals surface area contributed by atoms with Gasteiger partial charge in [-0.3, -0.25) is 4.68 Å². The predicted octanol–water partition coefficient (Wildman–Crippen LogP) is 21.8. The number of nitrogens with zero attached hydrogens (tertiary/aromatic N) is 11. The molecule has 2 saturated carbocycles. The molecule has 9 aromatic rings. The topological polar surface area (TPSA) is 84.4 Å². The number of hydrogen-bond donors (Lipinski definition) is 0. The molecule has 0 unspecified atom stereocenters. The Morgan fingerprint density at radius 2 is 0.806 bits per heavy atom. The van der Waals surface area contributed by atoms with Gasteiger partial charge in [0.1, 0.15) is 11.5 Å². The van der Waals surface area contributed by atoms with Crippen molar-refractivity contribution >= 4 is 44.1 Å². The van der Waals surface area contributed by atoms with Gasteiger partial charge in [-0.15, -0.1) is 5.10 Å². The molecule has 0 amide bonds. The van der Waals surface area contributed by atoms with Crippen LogP contribution in [0.1, 0.15) is 324 Å². The maximum absolute atomic E-state index is 6.13. The Kier molecular flexibility index (Phi) is 36.1. The number of ether oxygens (including phenoxy) is 2. The van der Waals surface area contributed by atoms with Crippen molar-refractivity contribution in [3.8, 4) is 11.5 Å². The van der Waals surface area contributed by atoms with Crippen LogP contribution in [0.2, 0.25) is 0 Å². The summed E-state index contributed by atoms with van der Waals surface area (Å²) in [5.41, 5.74) is 11.5. The molecule has 0 N–H and O–H groups in total. The van der Waals surface area contributed by atoms with Crippen molar-refractivity contribution in [3.63, 3.8) is 0 Å². The molecule has 2 aliphatic rings. The van der Waals surface area contributed by atoms with E-state index in [1.165, 1.54) is 223 Å². The number of imidazole rings is 4. The molecule has 13 nitrogen and oxygen atoms in total. The Morgan fingerprint density at radius 3 is 1.22 bits per heavy atom. The molecule has 4 aromatic carbocycles. The molecule has 0 radical (unpaired) electrons. The summed E-state index contributed by atoms with van der Waals surface area (Å²) in [6.07, 6.45) is 50.5. The number of fused-ring (bicyclic) bond motifs is 4. The zero-order valence-corrected chi connectivity index (χ0v) is 65.3. The van der Waals surface area contributed by atoms with Crippen molar-refractivity contribution in [3.05, 3.63) is 122 Å². The van der Waals surface area contributed by atoms with Crippen molar-refractivity contribution in [1.29, 1.82) is 0 Å². The van der Waals surface area contributed by atoms with Crippen LogP contribution in [0.4, 0.5) is 0 Å². The van der Waals surface area contributed by atoms with E-state index in [9.17, 15) is 0 Å². The second-order valence-corrected chi connectivity index (χ2v) is 30.0. The normalized spacial score (nSPS) is 13.2. The van der Waals surface area contributed by atoms with Crippen molar-refractivity contribution < 1.29 is 44.8 Å². The fourth-order valence-corrected chi connectivity index (χ4v) is 14.1. The van der Waals surface area contributed by atoms with E-state index < -0.39 is 0 Å². The molecule has 2 aliphatic carbocycles. The quantitative estimate of drug-likeness (QED) is 0.0233. The smallest absolute Gasteiger partial charge is 0.245 e. The van der Waals surface area contributed by atoms with Gasteiger partial charge in [0, 0.05) is 47.9 Å². The second-order valence-electron chi connectivity index (χ2n) is 30.0. The third kappa shape index (κ3) is 25.3. The number of para-hydroxylation sites is 4. The largest absolute Gasteiger partial charge is 0.493 e. The van der Waals surface area contributed by atoms with Crippen molar-refractivity contribution in [2.75, 3.05) is 13.2 Å². The SMILES string of the molecule is C1CCCC1.CC(C)n1c[n+](C(C)C)c2ccc(OCCCCCCCCCCCCn3cc(C4CCCC4)nn3)cc21.CC(C)n1c[n+](C(C)C)c2ccccc21.CCCCCCCCCCCCOc1ccc2c(c1)n(C(C)C)c[n+]2C(C)C.Cn1c[n+](C)c2ccccc21.[Fe]. The minimum Gasteiger partial charge on any atom is -0.493 e. The number of hydrogen-bond acceptors (Lipinski definition) is 4. The maximum Gasteiger partial charge on any atom is 0.245 e. The van der Waals surface area contributed by atoms with Gasteiger partial charge in [0.15, 0.2) is 44.1 Å². The van der Waals surface area contributed by atoms with Crippen LogP contribution in [0, 0.1) is 0 Å². The van der Waals surface area contributed by atoms with Gasteiger partial charge in [-0.25, -0.2) is 36.5 Å². The predicted molar refractivity (Wildman–Crippen MR) is 406 cm³/mol. The van der Waals surface area contributed by atoms with Crippen LogP contribution >= 0.6 is 0 Å².